The largest absolute Gasteiger partial charge is 0.343 e. The van der Waals surface area contributed by atoms with Crippen molar-refractivity contribution in [1.29, 1.82) is 5.26 Å². The van der Waals surface area contributed by atoms with Crippen LogP contribution in [0.15, 0.2) is 29.2 Å². The van der Waals surface area contributed by atoms with Crippen molar-refractivity contribution in [3.63, 3.8) is 0 Å². The molecule has 0 aliphatic heterocycles. The van der Waals surface area contributed by atoms with Crippen molar-refractivity contribution in [2.75, 3.05) is 6.54 Å². The average molecular weight is 327 g/mol. The lowest BCUT2D eigenvalue weighted by Crippen LogP contribution is -2.30. The molecule has 1 saturated carbocycles. The minimum absolute atomic E-state index is 0.0583. The van der Waals surface area contributed by atoms with Crippen molar-refractivity contribution in [2.24, 2.45) is 5.92 Å². The Hall–Kier alpha value is -1.58. The number of amides is 1. The van der Waals surface area contributed by atoms with E-state index in [4.69, 9.17) is 16.9 Å². The van der Waals surface area contributed by atoms with Crippen LogP contribution in [0.3, 0.4) is 0 Å². The van der Waals surface area contributed by atoms with Gasteiger partial charge in [-0.25, -0.2) is 8.42 Å². The van der Waals surface area contributed by atoms with Crippen LogP contribution in [0.25, 0.3) is 0 Å². The fourth-order valence-corrected chi connectivity index (χ4v) is 4.94. The molecule has 5 nitrogen and oxygen atoms in total. The van der Waals surface area contributed by atoms with E-state index in [1.807, 2.05) is 6.07 Å². The molecule has 0 radical (unpaired) electrons. The van der Waals surface area contributed by atoms with Crippen LogP contribution < -0.4 is 5.32 Å². The SMILES string of the molecule is N#CCNC(=O)[C@H]1CC[C@@H](S(=O)(=O)c2ccccc2Cl)C1. The second-order valence-electron chi connectivity index (χ2n) is 4.98. The number of nitriles is 1. The zero-order valence-corrected chi connectivity index (χ0v) is 12.8. The van der Waals surface area contributed by atoms with E-state index >= 15 is 0 Å². The van der Waals surface area contributed by atoms with Gasteiger partial charge in [0.2, 0.25) is 5.91 Å². The van der Waals surface area contributed by atoms with Crippen LogP contribution in [0, 0.1) is 17.2 Å². The Morgan fingerprint density at radius 2 is 2.10 bits per heavy atom. The topological polar surface area (TPSA) is 87.0 Å². The molecule has 2 atom stereocenters. The summed E-state index contributed by atoms with van der Waals surface area (Å²) in [6.45, 7) is -0.0583. The third-order valence-corrected chi connectivity index (χ3v) is 6.40. The first-order chi connectivity index (χ1) is 9.96. The summed E-state index contributed by atoms with van der Waals surface area (Å²) in [5, 5.41) is 10.5. The lowest BCUT2D eigenvalue weighted by molar-refractivity contribution is -0.124. The zero-order chi connectivity index (χ0) is 15.5. The molecule has 112 valence electrons. The number of hydrogen-bond donors (Lipinski definition) is 1. The highest BCUT2D eigenvalue weighted by molar-refractivity contribution is 7.92. The van der Waals surface area contributed by atoms with Crippen molar-refractivity contribution in [1.82, 2.24) is 5.32 Å². The van der Waals surface area contributed by atoms with Crippen LogP contribution in [0.4, 0.5) is 0 Å². The molecular weight excluding hydrogens is 312 g/mol. The van der Waals surface area contributed by atoms with Gasteiger partial charge in [-0.05, 0) is 31.4 Å². The van der Waals surface area contributed by atoms with E-state index in [1.54, 1.807) is 18.2 Å². The number of nitrogens with zero attached hydrogens (tertiary/aromatic N) is 1. The Labute approximate surface area is 128 Å². The van der Waals surface area contributed by atoms with Gasteiger partial charge in [0.15, 0.2) is 9.84 Å². The third kappa shape index (κ3) is 3.36. The van der Waals surface area contributed by atoms with Crippen LogP contribution in [0.2, 0.25) is 5.02 Å². The first-order valence-electron chi connectivity index (χ1n) is 6.60. The van der Waals surface area contributed by atoms with Gasteiger partial charge in [0.25, 0.3) is 0 Å². The van der Waals surface area contributed by atoms with Gasteiger partial charge in [-0.15, -0.1) is 0 Å². The van der Waals surface area contributed by atoms with Crippen LogP contribution in [0.1, 0.15) is 19.3 Å². The van der Waals surface area contributed by atoms with Crippen molar-refractivity contribution >= 4 is 27.3 Å². The maximum atomic E-state index is 12.6. The molecule has 0 unspecified atom stereocenters. The lowest BCUT2D eigenvalue weighted by atomic mass is 10.1. The molecule has 1 fully saturated rings. The van der Waals surface area contributed by atoms with Crippen LogP contribution in [-0.4, -0.2) is 26.1 Å². The van der Waals surface area contributed by atoms with Crippen molar-refractivity contribution in [3.05, 3.63) is 29.3 Å². The standard InChI is InChI=1S/C14H15ClN2O3S/c15-12-3-1-2-4-13(12)21(19,20)11-6-5-10(9-11)14(18)17-8-7-16/h1-4,10-11H,5-6,8-9H2,(H,17,18)/t10-,11+/m0/s1. The zero-order valence-electron chi connectivity index (χ0n) is 11.3. The van der Waals surface area contributed by atoms with Crippen molar-refractivity contribution < 1.29 is 13.2 Å². The summed E-state index contributed by atoms with van der Waals surface area (Å²) in [4.78, 5) is 11.9. The molecule has 1 aliphatic carbocycles. The highest BCUT2D eigenvalue weighted by Crippen LogP contribution is 2.35. The number of hydrogen-bond acceptors (Lipinski definition) is 4. The number of nitrogens with one attached hydrogen (secondary N) is 1. The Morgan fingerprint density at radius 3 is 2.76 bits per heavy atom. The second kappa shape index (κ2) is 6.46. The molecule has 0 heterocycles. The number of carbonyl (C=O) groups excluding carboxylic acids is 1. The fraction of sp³-hybridized carbons (Fsp3) is 0.429. The van der Waals surface area contributed by atoms with Crippen LogP contribution >= 0.6 is 11.6 Å². The summed E-state index contributed by atoms with van der Waals surface area (Å²) in [7, 11) is -3.53. The molecule has 1 aliphatic rings. The molecule has 7 heteroatoms. The summed E-state index contributed by atoms with van der Waals surface area (Å²) in [5.74, 6) is -0.617. The van der Waals surface area contributed by atoms with E-state index < -0.39 is 15.1 Å². The normalized spacial score (nSPS) is 21.7. The van der Waals surface area contributed by atoms with Crippen LogP contribution in [-0.2, 0) is 14.6 Å². The van der Waals surface area contributed by atoms with E-state index in [9.17, 15) is 13.2 Å². The number of halogens is 1. The molecule has 0 bridgehead atoms. The van der Waals surface area contributed by atoms with Gasteiger partial charge in [-0.1, -0.05) is 23.7 Å². The molecule has 2 rings (SSSR count). The molecule has 21 heavy (non-hydrogen) atoms. The Balaban J connectivity index is 2.13. The number of benzene rings is 1. The first-order valence-corrected chi connectivity index (χ1v) is 8.52. The number of carbonyl (C=O) groups is 1. The van der Waals surface area contributed by atoms with Gasteiger partial charge in [0.05, 0.1) is 21.2 Å². The average Bonchev–Trinajstić information content (AvgIpc) is 2.95. The number of rotatable bonds is 4. The quantitative estimate of drug-likeness (QED) is 0.856. The van der Waals surface area contributed by atoms with Gasteiger partial charge in [-0.3, -0.25) is 4.79 Å². The Kier molecular flexibility index (Phi) is 4.86. The summed E-state index contributed by atoms with van der Waals surface area (Å²) in [6.07, 6.45) is 1.20. The molecular formula is C14H15ClN2O3S. The lowest BCUT2D eigenvalue weighted by Gasteiger charge is -2.13. The predicted octanol–water partition coefficient (Wildman–Crippen LogP) is 1.92. The minimum Gasteiger partial charge on any atom is -0.343 e. The molecule has 1 aromatic rings. The molecule has 1 amide bonds. The van der Waals surface area contributed by atoms with Crippen molar-refractivity contribution in [3.8, 4) is 6.07 Å². The van der Waals surface area contributed by atoms with Crippen molar-refractivity contribution in [2.45, 2.75) is 29.4 Å². The van der Waals surface area contributed by atoms with Gasteiger partial charge in [0, 0.05) is 5.92 Å². The Morgan fingerprint density at radius 1 is 1.38 bits per heavy atom. The predicted molar refractivity (Wildman–Crippen MR) is 78.4 cm³/mol. The van der Waals surface area contributed by atoms with Crippen LogP contribution in [0.5, 0.6) is 0 Å². The molecule has 0 spiro atoms. The summed E-state index contributed by atoms with van der Waals surface area (Å²) in [5.41, 5.74) is 0. The van der Waals surface area contributed by atoms with E-state index in [0.717, 1.165) is 0 Å². The number of sulfone groups is 1. The fourth-order valence-electron chi connectivity index (χ4n) is 2.59. The van der Waals surface area contributed by atoms with Gasteiger partial charge in [-0.2, -0.15) is 5.26 Å². The smallest absolute Gasteiger partial charge is 0.223 e. The molecule has 1 N–H and O–H groups in total. The highest BCUT2D eigenvalue weighted by atomic mass is 35.5. The molecule has 1 aromatic carbocycles. The second-order valence-corrected chi connectivity index (χ2v) is 7.59. The first kappa shape index (κ1) is 15.8. The summed E-state index contributed by atoms with van der Waals surface area (Å²) >= 11 is 5.96. The van der Waals surface area contributed by atoms with Gasteiger partial charge in [0.1, 0.15) is 6.54 Å². The van der Waals surface area contributed by atoms with E-state index in [0.29, 0.717) is 12.8 Å². The van der Waals surface area contributed by atoms with E-state index in [2.05, 4.69) is 5.32 Å². The van der Waals surface area contributed by atoms with Gasteiger partial charge < -0.3 is 5.32 Å². The van der Waals surface area contributed by atoms with E-state index in [1.165, 1.54) is 6.07 Å². The summed E-state index contributed by atoms with van der Waals surface area (Å²) < 4.78 is 25.1. The van der Waals surface area contributed by atoms with E-state index in [-0.39, 0.29) is 34.7 Å². The Bertz CT molecular complexity index is 682. The third-order valence-electron chi connectivity index (χ3n) is 3.68. The molecule has 0 aromatic heterocycles. The highest BCUT2D eigenvalue weighted by Gasteiger charge is 2.38. The maximum absolute atomic E-state index is 12.6. The minimum atomic E-state index is -3.53. The maximum Gasteiger partial charge on any atom is 0.223 e. The summed E-state index contributed by atoms with van der Waals surface area (Å²) in [6, 6.07) is 8.16. The van der Waals surface area contributed by atoms with Gasteiger partial charge >= 0.3 is 0 Å². The molecule has 0 saturated heterocycles. The monoisotopic (exact) mass is 326 g/mol.